The van der Waals surface area contributed by atoms with Crippen molar-refractivity contribution in [3.05, 3.63) is 71.6 Å². The monoisotopic (exact) mass is 285 g/mol. The van der Waals surface area contributed by atoms with Crippen molar-refractivity contribution in [1.29, 1.82) is 0 Å². The van der Waals surface area contributed by atoms with E-state index in [-0.39, 0.29) is 6.61 Å². The van der Waals surface area contributed by atoms with E-state index in [1.807, 2.05) is 12.3 Å². The molecule has 0 spiro atoms. The number of rotatable bonds is 7. The smallest absolute Gasteiger partial charge is 0.0521 e. The number of aliphatic hydroxyl groups excluding tert-OH is 1. The molecule has 0 bridgehead atoms. The van der Waals surface area contributed by atoms with Crippen molar-refractivity contribution in [2.75, 3.05) is 18.1 Å². The molecule has 2 nitrogen and oxygen atoms in total. The first-order valence-corrected chi connectivity index (χ1v) is 7.87. The lowest BCUT2D eigenvalue weighted by atomic mass is 10.0. The van der Waals surface area contributed by atoms with Crippen LogP contribution < -0.4 is 0 Å². The molecule has 1 aromatic heterocycles. The second-order valence-electron chi connectivity index (χ2n) is 4.48. The first-order chi connectivity index (χ1) is 9.88. The lowest BCUT2D eigenvalue weighted by molar-refractivity contribution is 0.322. The zero-order valence-corrected chi connectivity index (χ0v) is 12.2. The van der Waals surface area contributed by atoms with Gasteiger partial charge in [0.2, 0.25) is 0 Å². The SMILES string of the molecule is OCCSCC=Cc1ccc(Cc2cccnc2)cc1. The number of thioether (sulfide) groups is 1. The number of pyridine rings is 1. The van der Waals surface area contributed by atoms with Crippen molar-refractivity contribution in [2.45, 2.75) is 6.42 Å². The summed E-state index contributed by atoms with van der Waals surface area (Å²) in [6.45, 7) is 0.252. The second kappa shape index (κ2) is 8.56. The van der Waals surface area contributed by atoms with Crippen molar-refractivity contribution in [1.82, 2.24) is 4.98 Å². The molecule has 1 heterocycles. The van der Waals surface area contributed by atoms with Gasteiger partial charge in [-0.2, -0.15) is 11.8 Å². The second-order valence-corrected chi connectivity index (χ2v) is 5.63. The third kappa shape index (κ3) is 5.19. The van der Waals surface area contributed by atoms with Crippen LogP contribution in [0.1, 0.15) is 16.7 Å². The molecule has 1 N–H and O–H groups in total. The van der Waals surface area contributed by atoms with Gasteiger partial charge in [0.25, 0.3) is 0 Å². The molecule has 0 amide bonds. The Hall–Kier alpha value is -1.58. The molecule has 0 fully saturated rings. The first kappa shape index (κ1) is 14.8. The average molecular weight is 285 g/mol. The van der Waals surface area contributed by atoms with Crippen LogP contribution in [-0.2, 0) is 6.42 Å². The number of hydrogen-bond acceptors (Lipinski definition) is 3. The molecule has 3 heteroatoms. The predicted octanol–water partition coefficient (Wildman–Crippen LogP) is 3.41. The van der Waals surface area contributed by atoms with Gasteiger partial charge >= 0.3 is 0 Å². The van der Waals surface area contributed by atoms with Gasteiger partial charge < -0.3 is 5.11 Å². The predicted molar refractivity (Wildman–Crippen MR) is 86.9 cm³/mol. The van der Waals surface area contributed by atoms with Crippen LogP contribution in [0.25, 0.3) is 6.08 Å². The maximum absolute atomic E-state index is 8.68. The minimum Gasteiger partial charge on any atom is -0.396 e. The van der Waals surface area contributed by atoms with E-state index in [0.717, 1.165) is 17.9 Å². The lowest BCUT2D eigenvalue weighted by Gasteiger charge is -2.02. The maximum Gasteiger partial charge on any atom is 0.0521 e. The van der Waals surface area contributed by atoms with E-state index in [0.29, 0.717) is 0 Å². The van der Waals surface area contributed by atoms with Gasteiger partial charge in [-0.15, -0.1) is 0 Å². The van der Waals surface area contributed by atoms with Gasteiger partial charge in [0.15, 0.2) is 0 Å². The Morgan fingerprint density at radius 1 is 1.10 bits per heavy atom. The molecule has 2 aromatic rings. The minimum atomic E-state index is 0.252. The fourth-order valence-electron chi connectivity index (χ4n) is 1.89. The van der Waals surface area contributed by atoms with E-state index in [9.17, 15) is 0 Å². The first-order valence-electron chi connectivity index (χ1n) is 6.71. The number of benzene rings is 1. The molecule has 0 aliphatic heterocycles. The standard InChI is InChI=1S/C17H19NOS/c19-10-12-20-11-2-4-15-5-7-16(8-6-15)13-17-3-1-9-18-14-17/h1-9,14,19H,10-13H2. The fraction of sp³-hybridized carbons (Fsp3) is 0.235. The third-order valence-corrected chi connectivity index (χ3v) is 3.77. The number of nitrogens with zero attached hydrogens (tertiary/aromatic N) is 1. The lowest BCUT2D eigenvalue weighted by Crippen LogP contribution is -1.88. The fourth-order valence-corrected chi connectivity index (χ4v) is 2.41. The highest BCUT2D eigenvalue weighted by molar-refractivity contribution is 7.99. The molecular formula is C17H19NOS. The van der Waals surface area contributed by atoms with Crippen LogP contribution in [0.4, 0.5) is 0 Å². The molecule has 0 saturated carbocycles. The molecule has 0 unspecified atom stereocenters. The maximum atomic E-state index is 8.68. The van der Waals surface area contributed by atoms with E-state index in [1.165, 1.54) is 16.7 Å². The van der Waals surface area contributed by atoms with Gasteiger partial charge in [-0.1, -0.05) is 42.5 Å². The zero-order chi connectivity index (χ0) is 14.0. The van der Waals surface area contributed by atoms with Crippen LogP contribution >= 0.6 is 11.8 Å². The minimum absolute atomic E-state index is 0.252. The Morgan fingerprint density at radius 3 is 2.65 bits per heavy atom. The molecule has 0 atom stereocenters. The van der Waals surface area contributed by atoms with Crippen molar-refractivity contribution in [3.8, 4) is 0 Å². The summed E-state index contributed by atoms with van der Waals surface area (Å²) in [4.78, 5) is 4.13. The topological polar surface area (TPSA) is 33.1 Å². The summed E-state index contributed by atoms with van der Waals surface area (Å²) >= 11 is 1.73. The molecule has 2 rings (SSSR count). The number of aromatic nitrogens is 1. The van der Waals surface area contributed by atoms with Crippen LogP contribution in [0.2, 0.25) is 0 Å². The highest BCUT2D eigenvalue weighted by Gasteiger charge is 1.96. The van der Waals surface area contributed by atoms with Gasteiger partial charge in [0.1, 0.15) is 0 Å². The quantitative estimate of drug-likeness (QED) is 0.791. The van der Waals surface area contributed by atoms with E-state index in [4.69, 9.17) is 5.11 Å². The Balaban J connectivity index is 1.86. The average Bonchev–Trinajstić information content (AvgIpc) is 2.50. The van der Waals surface area contributed by atoms with Crippen LogP contribution in [0.5, 0.6) is 0 Å². The van der Waals surface area contributed by atoms with Gasteiger partial charge in [0, 0.05) is 23.9 Å². The Morgan fingerprint density at radius 2 is 1.95 bits per heavy atom. The molecule has 0 radical (unpaired) electrons. The highest BCUT2D eigenvalue weighted by atomic mass is 32.2. The largest absolute Gasteiger partial charge is 0.396 e. The Bertz CT molecular complexity index is 522. The Kier molecular flexibility index (Phi) is 6.35. The molecule has 0 saturated heterocycles. The summed E-state index contributed by atoms with van der Waals surface area (Å²) < 4.78 is 0. The molecular weight excluding hydrogens is 266 g/mol. The van der Waals surface area contributed by atoms with Crippen molar-refractivity contribution in [3.63, 3.8) is 0 Å². The molecule has 104 valence electrons. The number of aliphatic hydroxyl groups is 1. The molecule has 0 aliphatic rings. The summed E-state index contributed by atoms with van der Waals surface area (Å²) in [5, 5.41) is 8.68. The molecule has 20 heavy (non-hydrogen) atoms. The normalized spacial score (nSPS) is 11.1. The van der Waals surface area contributed by atoms with Gasteiger partial charge in [-0.05, 0) is 29.2 Å². The number of hydrogen-bond donors (Lipinski definition) is 1. The van der Waals surface area contributed by atoms with E-state index < -0.39 is 0 Å². The van der Waals surface area contributed by atoms with Crippen LogP contribution in [0.3, 0.4) is 0 Å². The Labute approximate surface area is 124 Å². The molecule has 1 aromatic carbocycles. The zero-order valence-electron chi connectivity index (χ0n) is 11.4. The summed E-state index contributed by atoms with van der Waals surface area (Å²) in [6.07, 6.45) is 8.89. The summed E-state index contributed by atoms with van der Waals surface area (Å²) in [6, 6.07) is 12.7. The third-order valence-electron chi connectivity index (χ3n) is 2.87. The van der Waals surface area contributed by atoms with Gasteiger partial charge in [-0.3, -0.25) is 4.98 Å². The van der Waals surface area contributed by atoms with Crippen LogP contribution in [0, 0.1) is 0 Å². The van der Waals surface area contributed by atoms with E-state index in [1.54, 1.807) is 18.0 Å². The summed E-state index contributed by atoms with van der Waals surface area (Å²) in [7, 11) is 0. The summed E-state index contributed by atoms with van der Waals surface area (Å²) in [5.41, 5.74) is 3.74. The van der Waals surface area contributed by atoms with Crippen molar-refractivity contribution in [2.24, 2.45) is 0 Å². The highest BCUT2D eigenvalue weighted by Crippen LogP contribution is 2.11. The van der Waals surface area contributed by atoms with Gasteiger partial charge in [0.05, 0.1) is 6.61 Å². The van der Waals surface area contributed by atoms with Crippen LogP contribution in [-0.4, -0.2) is 28.2 Å². The van der Waals surface area contributed by atoms with Crippen molar-refractivity contribution >= 4 is 17.8 Å². The molecule has 0 aliphatic carbocycles. The van der Waals surface area contributed by atoms with E-state index >= 15 is 0 Å². The van der Waals surface area contributed by atoms with Gasteiger partial charge in [-0.25, -0.2) is 0 Å². The summed E-state index contributed by atoms with van der Waals surface area (Å²) in [5.74, 6) is 1.74. The van der Waals surface area contributed by atoms with Crippen molar-refractivity contribution < 1.29 is 5.11 Å². The van der Waals surface area contributed by atoms with Crippen LogP contribution in [0.15, 0.2) is 54.9 Å². The van der Waals surface area contributed by atoms with E-state index in [2.05, 4.69) is 47.5 Å².